The number of aliphatic hydroxyl groups is 1. The third-order valence-corrected chi connectivity index (χ3v) is 3.12. The monoisotopic (exact) mass is 246 g/mol. The van der Waals surface area contributed by atoms with Crippen LogP contribution in [0.2, 0.25) is 0 Å². The lowest BCUT2D eigenvalue weighted by molar-refractivity contribution is -0.0383. The smallest absolute Gasteiger partial charge is 0.0900 e. The second-order valence-corrected chi connectivity index (χ2v) is 4.79. The molecule has 0 saturated carbocycles. The quantitative estimate of drug-likeness (QED) is 0.615. The number of β-amino-alcohol motifs (C(OH)–C–C–N with tert-alkyl or cyclic N) is 1. The van der Waals surface area contributed by atoms with Crippen LogP contribution < -0.4 is 5.32 Å². The molecule has 3 atom stereocenters. The molecule has 0 bridgehead atoms. The van der Waals surface area contributed by atoms with Gasteiger partial charge in [-0.25, -0.2) is 0 Å². The highest BCUT2D eigenvalue weighted by molar-refractivity contribution is 4.81. The van der Waals surface area contributed by atoms with E-state index in [-0.39, 0.29) is 6.10 Å². The summed E-state index contributed by atoms with van der Waals surface area (Å²) < 4.78 is 10.5. The molecule has 0 aliphatic carbocycles. The SMILES string of the molecule is CNC1CCN(CC(O)COC(C)COC)C1. The van der Waals surface area contributed by atoms with Crippen molar-refractivity contribution in [3.05, 3.63) is 0 Å². The van der Waals surface area contributed by atoms with E-state index in [1.54, 1.807) is 7.11 Å². The molecule has 0 spiro atoms. The van der Waals surface area contributed by atoms with Crippen molar-refractivity contribution in [2.45, 2.75) is 31.6 Å². The largest absolute Gasteiger partial charge is 0.389 e. The van der Waals surface area contributed by atoms with Gasteiger partial charge >= 0.3 is 0 Å². The van der Waals surface area contributed by atoms with E-state index in [1.165, 1.54) is 0 Å². The Morgan fingerprint density at radius 2 is 2.24 bits per heavy atom. The molecule has 102 valence electrons. The highest BCUT2D eigenvalue weighted by atomic mass is 16.5. The summed E-state index contributed by atoms with van der Waals surface area (Å²) in [6.45, 7) is 5.65. The van der Waals surface area contributed by atoms with Crippen LogP contribution in [-0.2, 0) is 9.47 Å². The van der Waals surface area contributed by atoms with Gasteiger partial charge in [0.15, 0.2) is 0 Å². The number of hydrogen-bond donors (Lipinski definition) is 2. The Morgan fingerprint density at radius 1 is 1.47 bits per heavy atom. The van der Waals surface area contributed by atoms with Crippen molar-refractivity contribution in [2.24, 2.45) is 0 Å². The first kappa shape index (κ1) is 14.9. The predicted molar refractivity (Wildman–Crippen MR) is 67.2 cm³/mol. The van der Waals surface area contributed by atoms with Gasteiger partial charge in [-0.05, 0) is 26.9 Å². The summed E-state index contributed by atoms with van der Waals surface area (Å²) in [5.41, 5.74) is 0. The molecule has 1 fully saturated rings. The van der Waals surface area contributed by atoms with Crippen LogP contribution in [-0.4, -0.2) is 75.3 Å². The minimum absolute atomic E-state index is 0.0401. The number of hydrogen-bond acceptors (Lipinski definition) is 5. The van der Waals surface area contributed by atoms with Crippen LogP contribution in [0.25, 0.3) is 0 Å². The first-order valence-corrected chi connectivity index (χ1v) is 6.34. The highest BCUT2D eigenvalue weighted by Crippen LogP contribution is 2.09. The van der Waals surface area contributed by atoms with Crippen LogP contribution in [0, 0.1) is 0 Å². The highest BCUT2D eigenvalue weighted by Gasteiger charge is 2.22. The fourth-order valence-electron chi connectivity index (χ4n) is 2.14. The van der Waals surface area contributed by atoms with Crippen LogP contribution in [0.3, 0.4) is 0 Å². The average molecular weight is 246 g/mol. The minimum Gasteiger partial charge on any atom is -0.389 e. The van der Waals surface area contributed by atoms with Gasteiger partial charge in [-0.15, -0.1) is 0 Å². The Kier molecular flexibility index (Phi) is 6.99. The zero-order valence-corrected chi connectivity index (χ0v) is 11.2. The van der Waals surface area contributed by atoms with Gasteiger partial charge in [-0.2, -0.15) is 0 Å². The predicted octanol–water partition coefficient (Wildman–Crippen LogP) is -0.307. The second-order valence-electron chi connectivity index (χ2n) is 4.79. The fourth-order valence-corrected chi connectivity index (χ4v) is 2.14. The van der Waals surface area contributed by atoms with E-state index in [0.29, 0.717) is 25.8 Å². The number of likely N-dealkylation sites (tertiary alicyclic amines) is 1. The Hall–Kier alpha value is -0.200. The molecule has 1 heterocycles. The lowest BCUT2D eigenvalue weighted by Gasteiger charge is -2.21. The van der Waals surface area contributed by atoms with Gasteiger partial charge in [0.1, 0.15) is 0 Å². The number of likely N-dealkylation sites (N-methyl/N-ethyl adjacent to an activating group) is 1. The molecule has 1 saturated heterocycles. The fraction of sp³-hybridized carbons (Fsp3) is 1.00. The van der Waals surface area contributed by atoms with Gasteiger partial charge < -0.3 is 19.9 Å². The zero-order chi connectivity index (χ0) is 12.7. The average Bonchev–Trinajstić information content (AvgIpc) is 2.74. The molecule has 0 aromatic rings. The maximum absolute atomic E-state index is 9.86. The van der Waals surface area contributed by atoms with Gasteiger partial charge in [-0.1, -0.05) is 0 Å². The van der Waals surface area contributed by atoms with Crippen LogP contribution in [0.5, 0.6) is 0 Å². The molecule has 0 radical (unpaired) electrons. The number of ether oxygens (including phenoxy) is 2. The van der Waals surface area contributed by atoms with E-state index in [0.717, 1.165) is 19.5 Å². The maximum Gasteiger partial charge on any atom is 0.0900 e. The number of methoxy groups -OCH3 is 1. The van der Waals surface area contributed by atoms with Gasteiger partial charge in [-0.3, -0.25) is 4.90 Å². The molecule has 1 aliphatic heterocycles. The lowest BCUT2D eigenvalue weighted by Crippen LogP contribution is -2.36. The van der Waals surface area contributed by atoms with Crippen LogP contribution in [0.1, 0.15) is 13.3 Å². The first-order chi connectivity index (χ1) is 8.15. The topological polar surface area (TPSA) is 54.0 Å². The molecule has 2 N–H and O–H groups in total. The molecule has 17 heavy (non-hydrogen) atoms. The summed E-state index contributed by atoms with van der Waals surface area (Å²) in [5, 5.41) is 13.1. The normalized spacial score (nSPS) is 25.1. The minimum atomic E-state index is -0.412. The molecule has 0 aromatic carbocycles. The van der Waals surface area contributed by atoms with Crippen molar-refractivity contribution in [3.63, 3.8) is 0 Å². The van der Waals surface area contributed by atoms with Gasteiger partial charge in [0.2, 0.25) is 0 Å². The third-order valence-electron chi connectivity index (χ3n) is 3.12. The maximum atomic E-state index is 9.86. The Morgan fingerprint density at radius 3 is 2.82 bits per heavy atom. The summed E-state index contributed by atoms with van der Waals surface area (Å²) in [6, 6.07) is 0.565. The number of nitrogens with zero attached hydrogens (tertiary/aromatic N) is 1. The molecule has 1 rings (SSSR count). The number of aliphatic hydroxyl groups excluding tert-OH is 1. The molecule has 3 unspecified atom stereocenters. The van der Waals surface area contributed by atoms with Crippen molar-refractivity contribution in [3.8, 4) is 0 Å². The Bertz CT molecular complexity index is 204. The molecule has 5 heteroatoms. The van der Waals surface area contributed by atoms with Crippen LogP contribution in [0.15, 0.2) is 0 Å². The number of rotatable bonds is 8. The van der Waals surface area contributed by atoms with E-state index in [4.69, 9.17) is 9.47 Å². The van der Waals surface area contributed by atoms with Gasteiger partial charge in [0, 0.05) is 26.2 Å². The summed E-state index contributed by atoms with van der Waals surface area (Å²) in [7, 11) is 3.64. The summed E-state index contributed by atoms with van der Waals surface area (Å²) >= 11 is 0. The van der Waals surface area contributed by atoms with Crippen molar-refractivity contribution in [2.75, 3.05) is 47.0 Å². The molecule has 1 aliphatic rings. The standard InChI is InChI=1S/C12H26N2O3/c1-10(8-16-3)17-9-12(15)7-14-5-4-11(6-14)13-2/h10-13,15H,4-9H2,1-3H3. The lowest BCUT2D eigenvalue weighted by atomic mass is 10.3. The van der Waals surface area contributed by atoms with Crippen molar-refractivity contribution in [1.82, 2.24) is 10.2 Å². The number of nitrogens with one attached hydrogen (secondary N) is 1. The molecular formula is C12H26N2O3. The van der Waals surface area contributed by atoms with Crippen molar-refractivity contribution >= 4 is 0 Å². The van der Waals surface area contributed by atoms with Crippen LogP contribution >= 0.6 is 0 Å². The summed E-state index contributed by atoms with van der Waals surface area (Å²) in [6.07, 6.45) is 0.785. The first-order valence-electron chi connectivity index (χ1n) is 6.34. The molecule has 0 amide bonds. The summed E-state index contributed by atoms with van der Waals surface area (Å²) in [5.74, 6) is 0. The zero-order valence-electron chi connectivity index (χ0n) is 11.2. The Balaban J connectivity index is 2.10. The van der Waals surface area contributed by atoms with Gasteiger partial charge in [0.05, 0.1) is 25.4 Å². The van der Waals surface area contributed by atoms with E-state index >= 15 is 0 Å². The van der Waals surface area contributed by atoms with Crippen LogP contribution in [0.4, 0.5) is 0 Å². The van der Waals surface area contributed by atoms with Gasteiger partial charge in [0.25, 0.3) is 0 Å². The molecular weight excluding hydrogens is 220 g/mol. The molecule has 5 nitrogen and oxygen atoms in total. The van der Waals surface area contributed by atoms with E-state index in [2.05, 4.69) is 10.2 Å². The summed E-state index contributed by atoms with van der Waals surface area (Å²) in [4.78, 5) is 2.27. The van der Waals surface area contributed by atoms with E-state index < -0.39 is 6.10 Å². The third kappa shape index (κ3) is 5.79. The van der Waals surface area contributed by atoms with E-state index in [9.17, 15) is 5.11 Å². The van der Waals surface area contributed by atoms with E-state index in [1.807, 2.05) is 14.0 Å². The Labute approximate surface area is 104 Å². The second kappa shape index (κ2) is 8.00. The van der Waals surface area contributed by atoms with Crippen molar-refractivity contribution in [1.29, 1.82) is 0 Å². The molecule has 0 aromatic heterocycles. The van der Waals surface area contributed by atoms with Crippen molar-refractivity contribution < 1.29 is 14.6 Å².